The summed E-state index contributed by atoms with van der Waals surface area (Å²) in [6.45, 7) is 9.49. The predicted molar refractivity (Wildman–Crippen MR) is 101 cm³/mol. The molecule has 1 unspecified atom stereocenters. The summed E-state index contributed by atoms with van der Waals surface area (Å²) in [7, 11) is 0. The van der Waals surface area contributed by atoms with Crippen molar-refractivity contribution in [3.8, 4) is 0 Å². The fourth-order valence-corrected chi connectivity index (χ4v) is 3.96. The zero-order chi connectivity index (χ0) is 18.6. The van der Waals surface area contributed by atoms with Crippen LogP contribution in [0.2, 0.25) is 0 Å². The Hall–Kier alpha value is -1.47. The van der Waals surface area contributed by atoms with Crippen LogP contribution in [0.15, 0.2) is 5.38 Å². The van der Waals surface area contributed by atoms with Crippen molar-refractivity contribution in [3.63, 3.8) is 0 Å². The van der Waals surface area contributed by atoms with Gasteiger partial charge < -0.3 is 16.0 Å². The van der Waals surface area contributed by atoms with Gasteiger partial charge in [-0.1, -0.05) is 27.7 Å². The van der Waals surface area contributed by atoms with Crippen LogP contribution >= 0.6 is 11.3 Å². The summed E-state index contributed by atoms with van der Waals surface area (Å²) in [5.74, 6) is 0.457. The molecule has 2 atom stereocenters. The quantitative estimate of drug-likeness (QED) is 0.807. The molecule has 0 saturated carbocycles. The second kappa shape index (κ2) is 8.76. The van der Waals surface area contributed by atoms with Crippen molar-refractivity contribution in [2.75, 3.05) is 19.6 Å². The Morgan fingerprint density at radius 2 is 2.12 bits per heavy atom. The molecule has 1 aliphatic heterocycles. The van der Waals surface area contributed by atoms with Crippen molar-refractivity contribution in [3.05, 3.63) is 16.1 Å². The minimum atomic E-state index is -0.577. The molecule has 1 fully saturated rings. The lowest BCUT2D eigenvalue weighted by molar-refractivity contribution is -0.134. The molecular weight excluding hydrogens is 336 g/mol. The number of amides is 2. The van der Waals surface area contributed by atoms with E-state index in [2.05, 4.69) is 24.5 Å². The summed E-state index contributed by atoms with van der Waals surface area (Å²) in [5.41, 5.74) is 6.93. The smallest absolute Gasteiger partial charge is 0.241 e. The van der Waals surface area contributed by atoms with E-state index in [1.807, 2.05) is 18.7 Å². The molecule has 0 radical (unpaired) electrons. The minimum Gasteiger partial charge on any atom is -0.346 e. The highest BCUT2D eigenvalue weighted by Crippen LogP contribution is 2.30. The van der Waals surface area contributed by atoms with Gasteiger partial charge in [-0.2, -0.15) is 0 Å². The lowest BCUT2D eigenvalue weighted by Gasteiger charge is -2.32. The summed E-state index contributed by atoms with van der Waals surface area (Å²) in [5, 5.41) is 5.90. The SMILES string of the molecule is CC(C)c1csc(C2CCCN(C(=O)CNC(=O)[C@@H](N)C(C)C)C2)n1. The zero-order valence-corrected chi connectivity index (χ0v) is 16.4. The van der Waals surface area contributed by atoms with E-state index in [4.69, 9.17) is 10.7 Å². The monoisotopic (exact) mass is 366 g/mol. The number of aromatic nitrogens is 1. The van der Waals surface area contributed by atoms with E-state index in [0.717, 1.165) is 30.1 Å². The Morgan fingerprint density at radius 1 is 1.40 bits per heavy atom. The number of piperidine rings is 1. The number of thiazole rings is 1. The first kappa shape index (κ1) is 19.8. The molecule has 0 aromatic carbocycles. The van der Waals surface area contributed by atoms with Crippen molar-refractivity contribution in [1.82, 2.24) is 15.2 Å². The first-order valence-electron chi connectivity index (χ1n) is 9.06. The Morgan fingerprint density at radius 3 is 2.72 bits per heavy atom. The van der Waals surface area contributed by atoms with E-state index in [0.29, 0.717) is 18.4 Å². The average Bonchev–Trinajstić information content (AvgIpc) is 3.09. The fraction of sp³-hybridized carbons (Fsp3) is 0.722. The predicted octanol–water partition coefficient (Wildman–Crippen LogP) is 2.07. The largest absolute Gasteiger partial charge is 0.346 e. The molecule has 25 heavy (non-hydrogen) atoms. The third-order valence-corrected chi connectivity index (χ3v) is 5.71. The average molecular weight is 367 g/mol. The van der Waals surface area contributed by atoms with Gasteiger partial charge in [0.1, 0.15) is 0 Å². The minimum absolute atomic E-state index is 0.0150. The van der Waals surface area contributed by atoms with Crippen LogP contribution < -0.4 is 11.1 Å². The van der Waals surface area contributed by atoms with Crippen LogP contribution in [0.1, 0.15) is 63.1 Å². The molecule has 1 saturated heterocycles. The van der Waals surface area contributed by atoms with Crippen LogP contribution in [0.3, 0.4) is 0 Å². The van der Waals surface area contributed by atoms with Crippen LogP contribution in [0.25, 0.3) is 0 Å². The zero-order valence-electron chi connectivity index (χ0n) is 15.6. The number of carbonyl (C=O) groups excluding carboxylic acids is 2. The summed E-state index contributed by atoms with van der Waals surface area (Å²) in [6, 6.07) is -0.577. The van der Waals surface area contributed by atoms with Gasteiger partial charge in [-0.25, -0.2) is 4.98 Å². The second-order valence-electron chi connectivity index (χ2n) is 7.43. The molecule has 2 heterocycles. The van der Waals surface area contributed by atoms with Crippen molar-refractivity contribution < 1.29 is 9.59 Å². The van der Waals surface area contributed by atoms with Gasteiger partial charge in [0.05, 0.1) is 23.3 Å². The number of hydrogen-bond acceptors (Lipinski definition) is 5. The van der Waals surface area contributed by atoms with Crippen LogP contribution in [0.5, 0.6) is 0 Å². The standard InChI is InChI=1S/C18H30N4O2S/c1-11(2)14-10-25-18(21-14)13-6-5-7-22(9-13)15(23)8-20-17(24)16(19)12(3)4/h10-13,16H,5-9,19H2,1-4H3,(H,20,24)/t13?,16-/m0/s1. The van der Waals surface area contributed by atoms with Crippen LogP contribution in [-0.4, -0.2) is 47.4 Å². The van der Waals surface area contributed by atoms with Gasteiger partial charge in [0, 0.05) is 24.4 Å². The highest BCUT2D eigenvalue weighted by Gasteiger charge is 2.27. The van der Waals surface area contributed by atoms with Crippen molar-refractivity contribution in [2.45, 2.75) is 58.4 Å². The normalized spacial score (nSPS) is 19.3. The van der Waals surface area contributed by atoms with Crippen LogP contribution in [0, 0.1) is 5.92 Å². The fourth-order valence-electron chi connectivity index (χ4n) is 2.85. The molecule has 0 aliphatic carbocycles. The number of nitrogens with two attached hydrogens (primary N) is 1. The molecule has 6 nitrogen and oxygen atoms in total. The molecule has 0 bridgehead atoms. The van der Waals surface area contributed by atoms with E-state index in [9.17, 15) is 9.59 Å². The third kappa shape index (κ3) is 5.25. The lowest BCUT2D eigenvalue weighted by Crippen LogP contribution is -2.49. The maximum absolute atomic E-state index is 12.4. The van der Waals surface area contributed by atoms with E-state index >= 15 is 0 Å². The van der Waals surface area contributed by atoms with Gasteiger partial charge in [-0.15, -0.1) is 11.3 Å². The number of carbonyl (C=O) groups is 2. The maximum atomic E-state index is 12.4. The lowest BCUT2D eigenvalue weighted by atomic mass is 9.98. The van der Waals surface area contributed by atoms with Gasteiger partial charge >= 0.3 is 0 Å². The summed E-state index contributed by atoms with van der Waals surface area (Å²) in [6.07, 6.45) is 2.02. The molecule has 0 spiro atoms. The molecule has 1 aromatic rings. The van der Waals surface area contributed by atoms with Gasteiger partial charge in [0.25, 0.3) is 0 Å². The first-order valence-corrected chi connectivity index (χ1v) is 9.94. The maximum Gasteiger partial charge on any atom is 0.241 e. The molecule has 140 valence electrons. The number of rotatable bonds is 6. The van der Waals surface area contributed by atoms with E-state index in [1.54, 1.807) is 11.3 Å². The highest BCUT2D eigenvalue weighted by molar-refractivity contribution is 7.09. The molecule has 1 aromatic heterocycles. The third-order valence-electron chi connectivity index (χ3n) is 4.69. The molecule has 7 heteroatoms. The van der Waals surface area contributed by atoms with Gasteiger partial charge in [0.15, 0.2) is 0 Å². The molecule has 3 N–H and O–H groups in total. The summed E-state index contributed by atoms with van der Waals surface area (Å²) >= 11 is 1.69. The highest BCUT2D eigenvalue weighted by atomic mass is 32.1. The number of nitrogens with one attached hydrogen (secondary N) is 1. The van der Waals surface area contributed by atoms with Gasteiger partial charge in [-0.05, 0) is 24.7 Å². The van der Waals surface area contributed by atoms with Crippen molar-refractivity contribution >= 4 is 23.2 Å². The number of likely N-dealkylation sites (tertiary alicyclic amines) is 1. The van der Waals surface area contributed by atoms with Gasteiger partial charge in [0.2, 0.25) is 11.8 Å². The Kier molecular flexibility index (Phi) is 6.95. The topological polar surface area (TPSA) is 88.3 Å². The number of hydrogen-bond donors (Lipinski definition) is 2. The first-order chi connectivity index (χ1) is 11.8. The summed E-state index contributed by atoms with van der Waals surface area (Å²) < 4.78 is 0. The Labute approximate surface area is 154 Å². The van der Waals surface area contributed by atoms with Crippen LogP contribution in [0.4, 0.5) is 0 Å². The van der Waals surface area contributed by atoms with E-state index in [1.165, 1.54) is 0 Å². The van der Waals surface area contributed by atoms with Crippen molar-refractivity contribution in [2.24, 2.45) is 11.7 Å². The second-order valence-corrected chi connectivity index (χ2v) is 8.32. The van der Waals surface area contributed by atoms with Crippen LogP contribution in [-0.2, 0) is 9.59 Å². The molecule has 1 aliphatic rings. The molecule has 2 rings (SSSR count). The van der Waals surface area contributed by atoms with Gasteiger partial charge in [-0.3, -0.25) is 9.59 Å². The van der Waals surface area contributed by atoms with Crippen molar-refractivity contribution in [1.29, 1.82) is 0 Å². The van der Waals surface area contributed by atoms with E-state index < -0.39 is 6.04 Å². The number of nitrogens with zero attached hydrogens (tertiary/aromatic N) is 2. The molecular formula is C18H30N4O2S. The Balaban J connectivity index is 1.89. The molecule has 2 amide bonds. The van der Waals surface area contributed by atoms with E-state index in [-0.39, 0.29) is 24.3 Å². The summed E-state index contributed by atoms with van der Waals surface area (Å²) in [4.78, 5) is 30.9. The Bertz CT molecular complexity index is 600.